The van der Waals surface area contributed by atoms with E-state index >= 15 is 0 Å². The summed E-state index contributed by atoms with van der Waals surface area (Å²) >= 11 is 3.16. The van der Waals surface area contributed by atoms with Crippen molar-refractivity contribution in [3.63, 3.8) is 0 Å². The first-order valence-corrected chi connectivity index (χ1v) is 6.05. The van der Waals surface area contributed by atoms with Crippen molar-refractivity contribution in [3.05, 3.63) is 28.5 Å². The molecule has 2 nitrogen and oxygen atoms in total. The van der Waals surface area contributed by atoms with Gasteiger partial charge in [0.2, 0.25) is 0 Å². The first kappa shape index (κ1) is 13.5. The molecule has 3 N–H and O–H groups in total. The third kappa shape index (κ3) is 3.46. The van der Waals surface area contributed by atoms with E-state index in [0.29, 0.717) is 11.0 Å². The van der Waals surface area contributed by atoms with Gasteiger partial charge in [-0.1, -0.05) is 20.8 Å². The van der Waals surface area contributed by atoms with Gasteiger partial charge < -0.3 is 11.1 Å². The summed E-state index contributed by atoms with van der Waals surface area (Å²) in [6.07, 6.45) is 0. The average Bonchev–Trinajstić information content (AvgIpc) is 2.18. The van der Waals surface area contributed by atoms with Crippen LogP contribution in [0.4, 0.5) is 10.1 Å². The van der Waals surface area contributed by atoms with Crippen molar-refractivity contribution < 1.29 is 4.39 Å². The third-order valence-electron chi connectivity index (χ3n) is 2.54. The van der Waals surface area contributed by atoms with E-state index in [4.69, 9.17) is 5.73 Å². The molecule has 0 bridgehead atoms. The fourth-order valence-corrected chi connectivity index (χ4v) is 1.79. The lowest BCUT2D eigenvalue weighted by molar-refractivity contribution is 0.346. The fraction of sp³-hybridized carbons (Fsp3) is 0.500. The zero-order valence-corrected chi connectivity index (χ0v) is 11.4. The van der Waals surface area contributed by atoms with Crippen LogP contribution in [0.2, 0.25) is 0 Å². The first-order valence-electron chi connectivity index (χ1n) is 5.26. The Labute approximate surface area is 105 Å². The van der Waals surface area contributed by atoms with Crippen molar-refractivity contribution in [3.8, 4) is 0 Å². The van der Waals surface area contributed by atoms with Crippen LogP contribution in [-0.2, 0) is 0 Å². The van der Waals surface area contributed by atoms with Crippen LogP contribution in [0.1, 0.15) is 20.8 Å². The summed E-state index contributed by atoms with van der Waals surface area (Å²) < 4.78 is 13.5. The molecule has 1 atom stereocenters. The molecule has 0 saturated heterocycles. The molecule has 0 aliphatic heterocycles. The van der Waals surface area contributed by atoms with Gasteiger partial charge in [0.1, 0.15) is 5.82 Å². The topological polar surface area (TPSA) is 38.0 Å². The fourth-order valence-electron chi connectivity index (χ4n) is 1.42. The standard InChI is InChI=1S/C12H18BrFN2/c1-12(2,3)11(7-15)16-8-4-5-10(14)9(13)6-8/h4-6,11,16H,7,15H2,1-3H3. The van der Waals surface area contributed by atoms with E-state index in [-0.39, 0.29) is 17.3 Å². The Kier molecular flexibility index (Phi) is 4.33. The molecular weight excluding hydrogens is 271 g/mol. The maximum atomic E-state index is 13.1. The van der Waals surface area contributed by atoms with Crippen molar-refractivity contribution in [2.24, 2.45) is 11.1 Å². The van der Waals surface area contributed by atoms with Crippen molar-refractivity contribution in [2.45, 2.75) is 26.8 Å². The second-order valence-electron chi connectivity index (χ2n) is 4.93. The summed E-state index contributed by atoms with van der Waals surface area (Å²) in [5.41, 5.74) is 6.67. The highest BCUT2D eigenvalue weighted by molar-refractivity contribution is 9.10. The Morgan fingerprint density at radius 2 is 2.06 bits per heavy atom. The molecule has 0 amide bonds. The van der Waals surface area contributed by atoms with Gasteiger partial charge in [0.05, 0.1) is 4.47 Å². The second-order valence-corrected chi connectivity index (χ2v) is 5.78. The minimum atomic E-state index is -0.259. The van der Waals surface area contributed by atoms with Crippen LogP contribution in [0.15, 0.2) is 22.7 Å². The highest BCUT2D eigenvalue weighted by atomic mass is 79.9. The van der Waals surface area contributed by atoms with Crippen LogP contribution >= 0.6 is 15.9 Å². The summed E-state index contributed by atoms with van der Waals surface area (Å²) in [7, 11) is 0. The number of halogens is 2. The summed E-state index contributed by atoms with van der Waals surface area (Å²) in [5, 5.41) is 3.32. The SMILES string of the molecule is CC(C)(C)C(CN)Nc1ccc(F)c(Br)c1. The molecule has 1 rings (SSSR count). The van der Waals surface area contributed by atoms with Crippen molar-refractivity contribution in [1.82, 2.24) is 0 Å². The lowest BCUT2D eigenvalue weighted by Crippen LogP contribution is -2.40. The minimum absolute atomic E-state index is 0.0651. The van der Waals surface area contributed by atoms with Crippen LogP contribution in [0.3, 0.4) is 0 Å². The van der Waals surface area contributed by atoms with E-state index in [9.17, 15) is 4.39 Å². The van der Waals surface area contributed by atoms with Gasteiger partial charge in [-0.05, 0) is 39.5 Å². The number of hydrogen-bond donors (Lipinski definition) is 2. The molecule has 0 fully saturated rings. The first-order chi connectivity index (χ1) is 7.34. The van der Waals surface area contributed by atoms with Crippen molar-refractivity contribution >= 4 is 21.6 Å². The largest absolute Gasteiger partial charge is 0.380 e. The molecule has 0 radical (unpaired) electrons. The lowest BCUT2D eigenvalue weighted by atomic mass is 9.86. The molecule has 16 heavy (non-hydrogen) atoms. The number of nitrogens with two attached hydrogens (primary N) is 1. The van der Waals surface area contributed by atoms with E-state index in [1.807, 2.05) is 0 Å². The van der Waals surface area contributed by atoms with Gasteiger partial charge in [-0.15, -0.1) is 0 Å². The highest BCUT2D eigenvalue weighted by Crippen LogP contribution is 2.25. The zero-order valence-electron chi connectivity index (χ0n) is 9.85. The number of nitrogens with one attached hydrogen (secondary N) is 1. The molecule has 1 aromatic rings. The summed E-state index contributed by atoms with van der Waals surface area (Å²) in [6.45, 7) is 6.90. The normalized spacial score (nSPS) is 13.6. The Morgan fingerprint density at radius 1 is 1.44 bits per heavy atom. The lowest BCUT2D eigenvalue weighted by Gasteiger charge is -2.31. The van der Waals surface area contributed by atoms with E-state index in [1.165, 1.54) is 6.07 Å². The highest BCUT2D eigenvalue weighted by Gasteiger charge is 2.23. The summed E-state index contributed by atoms with van der Waals surface area (Å²) in [5.74, 6) is -0.259. The van der Waals surface area contributed by atoms with E-state index in [2.05, 4.69) is 42.0 Å². The molecule has 90 valence electrons. The molecule has 1 aromatic carbocycles. The number of benzene rings is 1. The van der Waals surface area contributed by atoms with E-state index in [0.717, 1.165) is 5.69 Å². The zero-order chi connectivity index (χ0) is 12.3. The Morgan fingerprint density at radius 3 is 2.50 bits per heavy atom. The molecule has 1 unspecified atom stereocenters. The van der Waals surface area contributed by atoms with Crippen molar-refractivity contribution in [2.75, 3.05) is 11.9 Å². The number of anilines is 1. The quantitative estimate of drug-likeness (QED) is 0.895. The maximum Gasteiger partial charge on any atom is 0.137 e. The molecule has 0 heterocycles. The molecule has 0 aliphatic rings. The van der Waals surface area contributed by atoms with Crippen LogP contribution < -0.4 is 11.1 Å². The van der Waals surface area contributed by atoms with Crippen molar-refractivity contribution in [1.29, 1.82) is 0 Å². The van der Waals surface area contributed by atoms with Crippen LogP contribution in [0.25, 0.3) is 0 Å². The van der Waals surface area contributed by atoms with Gasteiger partial charge >= 0.3 is 0 Å². The molecule has 0 saturated carbocycles. The Balaban J connectivity index is 2.83. The summed E-state index contributed by atoms with van der Waals surface area (Å²) in [6, 6.07) is 5.03. The van der Waals surface area contributed by atoms with Gasteiger partial charge in [0.15, 0.2) is 0 Å². The van der Waals surface area contributed by atoms with Gasteiger partial charge in [0.25, 0.3) is 0 Å². The minimum Gasteiger partial charge on any atom is -0.380 e. The smallest absolute Gasteiger partial charge is 0.137 e. The average molecular weight is 289 g/mol. The molecule has 0 spiro atoms. The monoisotopic (exact) mass is 288 g/mol. The van der Waals surface area contributed by atoms with Gasteiger partial charge in [-0.2, -0.15) is 0 Å². The number of rotatable bonds is 3. The predicted octanol–water partition coefficient (Wildman–Crippen LogP) is 3.37. The van der Waals surface area contributed by atoms with Crippen LogP contribution in [0.5, 0.6) is 0 Å². The second kappa shape index (κ2) is 5.15. The molecule has 0 aliphatic carbocycles. The van der Waals surface area contributed by atoms with E-state index in [1.54, 1.807) is 12.1 Å². The number of hydrogen-bond acceptors (Lipinski definition) is 2. The maximum absolute atomic E-state index is 13.1. The molecular formula is C12H18BrFN2. The summed E-state index contributed by atoms with van der Waals surface area (Å²) in [4.78, 5) is 0. The van der Waals surface area contributed by atoms with Crippen LogP contribution in [-0.4, -0.2) is 12.6 Å². The van der Waals surface area contributed by atoms with Gasteiger partial charge in [-0.3, -0.25) is 0 Å². The Hall–Kier alpha value is -0.610. The van der Waals surface area contributed by atoms with Crippen LogP contribution in [0, 0.1) is 11.2 Å². The third-order valence-corrected chi connectivity index (χ3v) is 3.15. The predicted molar refractivity (Wildman–Crippen MR) is 70.0 cm³/mol. The van der Waals surface area contributed by atoms with E-state index < -0.39 is 0 Å². The van der Waals surface area contributed by atoms with Gasteiger partial charge in [0, 0.05) is 18.3 Å². The molecule has 0 aromatic heterocycles. The Bertz CT molecular complexity index is 361. The van der Waals surface area contributed by atoms with Gasteiger partial charge in [-0.25, -0.2) is 4.39 Å². The molecule has 4 heteroatoms.